The van der Waals surface area contributed by atoms with Crippen LogP contribution in [0.15, 0.2) is 12.2 Å². The van der Waals surface area contributed by atoms with Gasteiger partial charge in [-0.05, 0) is 38.5 Å². The van der Waals surface area contributed by atoms with Gasteiger partial charge in [0.1, 0.15) is 12.6 Å². The lowest BCUT2D eigenvalue weighted by atomic mass is 10.0. The van der Waals surface area contributed by atoms with Crippen LogP contribution in [-0.4, -0.2) is 75.5 Å². The van der Waals surface area contributed by atoms with E-state index in [0.29, 0.717) is 12.8 Å². The molecule has 0 fully saturated rings. The molecular weight excluding hydrogens is 703 g/mol. The number of esters is 2. The van der Waals surface area contributed by atoms with Crippen molar-refractivity contribution in [1.29, 1.82) is 0 Å². The zero-order chi connectivity index (χ0) is 41.4. The fourth-order valence-electron chi connectivity index (χ4n) is 7.18. The monoisotopic (exact) mass is 794 g/mol. The van der Waals surface area contributed by atoms with Gasteiger partial charge in [-0.25, -0.2) is 0 Å². The first kappa shape index (κ1) is 54.1. The highest BCUT2D eigenvalue weighted by atomic mass is 16.6. The lowest BCUT2D eigenvalue weighted by Crippen LogP contribution is -2.55. The van der Waals surface area contributed by atoms with E-state index < -0.39 is 18.1 Å². The molecule has 0 aromatic carbocycles. The van der Waals surface area contributed by atoms with Crippen molar-refractivity contribution in [2.45, 2.75) is 238 Å². The summed E-state index contributed by atoms with van der Waals surface area (Å²) in [6.45, 7) is 4.68. The van der Waals surface area contributed by atoms with Gasteiger partial charge in [0.15, 0.2) is 6.10 Å². The number of hydrogen-bond acceptors (Lipinski definition) is 7. The van der Waals surface area contributed by atoms with Gasteiger partial charge in [-0.2, -0.15) is 0 Å². The Balaban J connectivity index is 4.22. The summed E-state index contributed by atoms with van der Waals surface area (Å²) in [5.41, 5.74) is 0. The van der Waals surface area contributed by atoms with E-state index in [9.17, 15) is 19.5 Å². The van der Waals surface area contributed by atoms with E-state index in [1.807, 2.05) is 0 Å². The normalized spacial score (nSPS) is 12.9. The third kappa shape index (κ3) is 37.6. The SMILES string of the molecule is CCCCCCCCCCC/C=C/CCCCCCCCCC(=O)OCC(COCCC(C(=O)[O-])[N+](C)(C)C)OC(=O)CCCCCCCCCCCCCC. The maximum Gasteiger partial charge on any atom is 0.306 e. The Morgan fingerprint density at radius 3 is 1.29 bits per heavy atom. The van der Waals surface area contributed by atoms with Crippen molar-refractivity contribution in [3.63, 3.8) is 0 Å². The summed E-state index contributed by atoms with van der Waals surface area (Å²) in [6, 6.07) is -0.721. The number of carboxylic acids is 1. The Kier molecular flexibility index (Phi) is 38.5. The fraction of sp³-hybridized carbons (Fsp3) is 0.896. The molecule has 2 unspecified atom stereocenters. The molecule has 0 aromatic heterocycles. The molecule has 0 aliphatic rings. The number of hydrogen-bond donors (Lipinski definition) is 0. The van der Waals surface area contributed by atoms with E-state index >= 15 is 0 Å². The number of carboxylic acid groups (broad SMARTS) is 1. The second-order valence-corrected chi connectivity index (χ2v) is 17.4. The van der Waals surface area contributed by atoms with Gasteiger partial charge in [-0.15, -0.1) is 0 Å². The maximum atomic E-state index is 12.7. The summed E-state index contributed by atoms with van der Waals surface area (Å²) in [6.07, 6.45) is 42.3. The molecule has 0 spiro atoms. The van der Waals surface area contributed by atoms with Gasteiger partial charge < -0.3 is 28.6 Å². The number of unbranched alkanes of at least 4 members (excludes halogenated alkanes) is 27. The summed E-state index contributed by atoms with van der Waals surface area (Å²) in [7, 11) is 5.42. The first-order valence-corrected chi connectivity index (χ1v) is 23.7. The van der Waals surface area contributed by atoms with Gasteiger partial charge >= 0.3 is 11.9 Å². The van der Waals surface area contributed by atoms with Crippen molar-refractivity contribution in [2.24, 2.45) is 0 Å². The lowest BCUT2D eigenvalue weighted by Gasteiger charge is -2.34. The molecule has 0 heterocycles. The number of likely N-dealkylation sites (N-methyl/N-ethyl adjacent to an activating group) is 1. The standard InChI is InChI=1S/C48H91NO7/c1-6-8-10-12-14-16-18-20-21-22-23-24-25-26-27-29-30-32-34-36-38-46(50)55-43-44(42-54-41-40-45(48(52)53)49(3,4)5)56-47(51)39-37-35-33-31-28-19-17-15-13-11-9-7-2/h23-24,44-45H,6-22,25-43H2,1-5H3/b24-23+. The molecule has 0 aromatic rings. The topological polar surface area (TPSA) is 102 Å². The van der Waals surface area contributed by atoms with E-state index in [1.165, 1.54) is 154 Å². The van der Waals surface area contributed by atoms with Gasteiger partial charge in [0.05, 0.1) is 40.3 Å². The molecule has 2 atom stereocenters. The van der Waals surface area contributed by atoms with E-state index in [0.717, 1.165) is 38.5 Å². The zero-order valence-electron chi connectivity index (χ0n) is 37.6. The van der Waals surface area contributed by atoms with E-state index in [1.54, 1.807) is 21.1 Å². The van der Waals surface area contributed by atoms with Crippen LogP contribution in [0.2, 0.25) is 0 Å². The summed E-state index contributed by atoms with van der Waals surface area (Å²) < 4.78 is 17.2. The minimum absolute atomic E-state index is 0.0451. The van der Waals surface area contributed by atoms with E-state index in [-0.39, 0.29) is 42.7 Å². The molecule has 0 aliphatic heterocycles. The number of quaternary nitrogens is 1. The van der Waals surface area contributed by atoms with Crippen LogP contribution in [0.3, 0.4) is 0 Å². The molecular formula is C48H91NO7. The Hall–Kier alpha value is -1.93. The van der Waals surface area contributed by atoms with Crippen molar-refractivity contribution in [2.75, 3.05) is 41.0 Å². The second-order valence-electron chi connectivity index (χ2n) is 17.4. The molecule has 8 heteroatoms. The largest absolute Gasteiger partial charge is 0.544 e. The van der Waals surface area contributed by atoms with Gasteiger partial charge in [-0.1, -0.05) is 180 Å². The third-order valence-corrected chi connectivity index (χ3v) is 10.9. The molecule has 330 valence electrons. The Bertz CT molecular complexity index is 931. The number of rotatable bonds is 43. The van der Waals surface area contributed by atoms with Crippen LogP contribution in [0.1, 0.15) is 226 Å². The number of nitrogens with zero attached hydrogens (tertiary/aromatic N) is 1. The van der Waals surface area contributed by atoms with Crippen molar-refractivity contribution < 1.29 is 38.2 Å². The molecule has 0 amide bonds. The predicted molar refractivity (Wildman–Crippen MR) is 231 cm³/mol. The average Bonchev–Trinajstić information content (AvgIpc) is 3.15. The van der Waals surface area contributed by atoms with Crippen LogP contribution < -0.4 is 5.11 Å². The molecule has 0 aliphatic carbocycles. The van der Waals surface area contributed by atoms with Crippen LogP contribution in [0.4, 0.5) is 0 Å². The first-order chi connectivity index (χ1) is 27.1. The van der Waals surface area contributed by atoms with Crippen molar-refractivity contribution in [3.05, 3.63) is 12.2 Å². The fourth-order valence-corrected chi connectivity index (χ4v) is 7.18. The number of aliphatic carboxylic acids is 1. The van der Waals surface area contributed by atoms with Crippen molar-refractivity contribution in [1.82, 2.24) is 0 Å². The van der Waals surface area contributed by atoms with Gasteiger partial charge in [0, 0.05) is 19.3 Å². The summed E-state index contributed by atoms with van der Waals surface area (Å²) >= 11 is 0. The lowest BCUT2D eigenvalue weighted by molar-refractivity contribution is -0.889. The van der Waals surface area contributed by atoms with Crippen molar-refractivity contribution in [3.8, 4) is 0 Å². The quantitative estimate of drug-likeness (QED) is 0.0262. The number of ether oxygens (including phenoxy) is 3. The zero-order valence-corrected chi connectivity index (χ0v) is 37.6. The highest BCUT2D eigenvalue weighted by Crippen LogP contribution is 2.15. The second kappa shape index (κ2) is 39.9. The molecule has 0 saturated heterocycles. The highest BCUT2D eigenvalue weighted by molar-refractivity contribution is 5.70. The predicted octanol–water partition coefficient (Wildman–Crippen LogP) is 11.8. The number of carbonyl (C=O) groups is 3. The number of carbonyl (C=O) groups excluding carboxylic acids is 3. The van der Waals surface area contributed by atoms with E-state index in [2.05, 4.69) is 26.0 Å². The van der Waals surface area contributed by atoms with Gasteiger partial charge in [-0.3, -0.25) is 9.59 Å². The molecule has 0 N–H and O–H groups in total. The van der Waals surface area contributed by atoms with Gasteiger partial charge in [0.2, 0.25) is 0 Å². The van der Waals surface area contributed by atoms with Crippen LogP contribution in [0.5, 0.6) is 0 Å². The minimum Gasteiger partial charge on any atom is -0.544 e. The molecule has 0 radical (unpaired) electrons. The van der Waals surface area contributed by atoms with Crippen molar-refractivity contribution >= 4 is 17.9 Å². The summed E-state index contributed by atoms with van der Waals surface area (Å²) in [5, 5.41) is 11.6. The first-order valence-electron chi connectivity index (χ1n) is 23.7. The third-order valence-electron chi connectivity index (χ3n) is 10.9. The van der Waals surface area contributed by atoms with Gasteiger partial charge in [0.25, 0.3) is 0 Å². The maximum absolute atomic E-state index is 12.7. The Labute approximate surface area is 346 Å². The Morgan fingerprint density at radius 1 is 0.518 bits per heavy atom. The molecule has 0 saturated carbocycles. The van der Waals surface area contributed by atoms with E-state index in [4.69, 9.17) is 14.2 Å². The average molecular weight is 794 g/mol. The number of allylic oxidation sites excluding steroid dienone is 2. The smallest absolute Gasteiger partial charge is 0.306 e. The summed E-state index contributed by atoms with van der Waals surface area (Å²) in [4.78, 5) is 36.9. The minimum atomic E-state index is -1.12. The van der Waals surface area contributed by atoms with Crippen LogP contribution in [-0.2, 0) is 28.6 Å². The van der Waals surface area contributed by atoms with Crippen LogP contribution >= 0.6 is 0 Å². The van der Waals surface area contributed by atoms with Crippen LogP contribution in [0, 0.1) is 0 Å². The molecule has 0 bridgehead atoms. The molecule has 0 rings (SSSR count). The molecule has 8 nitrogen and oxygen atoms in total. The molecule has 56 heavy (non-hydrogen) atoms. The highest BCUT2D eigenvalue weighted by Gasteiger charge is 2.25. The van der Waals surface area contributed by atoms with Crippen LogP contribution in [0.25, 0.3) is 0 Å². The Morgan fingerprint density at radius 2 is 0.893 bits per heavy atom. The summed E-state index contributed by atoms with van der Waals surface area (Å²) in [5.74, 6) is -1.73.